The molecule has 0 saturated carbocycles. The highest BCUT2D eigenvalue weighted by Crippen LogP contribution is 2.32. The van der Waals surface area contributed by atoms with Crippen molar-refractivity contribution in [1.82, 2.24) is 0 Å². The van der Waals surface area contributed by atoms with E-state index in [1.807, 2.05) is 25.3 Å². The summed E-state index contributed by atoms with van der Waals surface area (Å²) in [6, 6.07) is 3.91. The van der Waals surface area contributed by atoms with Gasteiger partial charge in [-0.2, -0.15) is 11.8 Å². The Morgan fingerprint density at radius 1 is 1.25 bits per heavy atom. The molecule has 0 aliphatic heterocycles. The van der Waals surface area contributed by atoms with Crippen LogP contribution in [-0.4, -0.2) is 26.2 Å². The molecule has 1 aromatic carbocycles. The topological polar surface area (TPSA) is 44.5 Å². The lowest BCUT2D eigenvalue weighted by Crippen LogP contribution is -2.14. The zero-order chi connectivity index (χ0) is 12.1. The quantitative estimate of drug-likeness (QED) is 0.859. The fourth-order valence-corrected chi connectivity index (χ4v) is 2.17. The van der Waals surface area contributed by atoms with Crippen LogP contribution >= 0.6 is 11.8 Å². The van der Waals surface area contributed by atoms with Crippen LogP contribution in [0, 0.1) is 6.92 Å². The van der Waals surface area contributed by atoms with Gasteiger partial charge < -0.3 is 15.2 Å². The number of hydrogen-bond donors (Lipinski definition) is 1. The van der Waals surface area contributed by atoms with Gasteiger partial charge in [0.1, 0.15) is 11.5 Å². The van der Waals surface area contributed by atoms with Crippen LogP contribution < -0.4 is 15.2 Å². The van der Waals surface area contributed by atoms with Gasteiger partial charge in [0.2, 0.25) is 0 Å². The predicted octanol–water partition coefficient (Wildman–Crippen LogP) is 2.38. The molecular formula is C12H19NO2S. The predicted molar refractivity (Wildman–Crippen MR) is 69.6 cm³/mol. The van der Waals surface area contributed by atoms with E-state index in [0.717, 1.165) is 28.4 Å². The normalized spacial score (nSPS) is 12.3. The van der Waals surface area contributed by atoms with Crippen molar-refractivity contribution in [3.63, 3.8) is 0 Å². The summed E-state index contributed by atoms with van der Waals surface area (Å²) < 4.78 is 10.6. The highest BCUT2D eigenvalue weighted by molar-refractivity contribution is 7.98. The molecule has 0 radical (unpaired) electrons. The number of thioether (sulfide) groups is 1. The molecule has 1 aromatic rings. The van der Waals surface area contributed by atoms with Crippen LogP contribution in [0.5, 0.6) is 11.5 Å². The molecule has 0 bridgehead atoms. The van der Waals surface area contributed by atoms with E-state index < -0.39 is 0 Å². The average molecular weight is 241 g/mol. The molecule has 1 rings (SSSR count). The first-order valence-electron chi connectivity index (χ1n) is 5.11. The number of ether oxygens (including phenoxy) is 2. The van der Waals surface area contributed by atoms with E-state index in [4.69, 9.17) is 15.2 Å². The number of methoxy groups -OCH3 is 2. The Morgan fingerprint density at radius 2 is 1.88 bits per heavy atom. The summed E-state index contributed by atoms with van der Waals surface area (Å²) in [6.07, 6.45) is 2.04. The Bertz CT molecular complexity index is 355. The van der Waals surface area contributed by atoms with E-state index in [0.29, 0.717) is 0 Å². The Balaban J connectivity index is 3.13. The van der Waals surface area contributed by atoms with Crippen LogP contribution in [0.15, 0.2) is 12.1 Å². The maximum atomic E-state index is 6.10. The Morgan fingerprint density at radius 3 is 2.38 bits per heavy atom. The van der Waals surface area contributed by atoms with Crippen LogP contribution in [0.2, 0.25) is 0 Å². The number of hydrogen-bond acceptors (Lipinski definition) is 4. The first kappa shape index (κ1) is 13.2. The number of aryl methyl sites for hydroxylation is 1. The molecule has 0 spiro atoms. The van der Waals surface area contributed by atoms with E-state index in [-0.39, 0.29) is 6.04 Å². The molecule has 0 fully saturated rings. The van der Waals surface area contributed by atoms with E-state index in [1.54, 1.807) is 26.0 Å². The van der Waals surface area contributed by atoms with Crippen LogP contribution in [0.25, 0.3) is 0 Å². The van der Waals surface area contributed by atoms with Gasteiger partial charge in [0.05, 0.1) is 14.2 Å². The maximum Gasteiger partial charge on any atom is 0.124 e. The molecule has 1 unspecified atom stereocenters. The first-order chi connectivity index (χ1) is 7.63. The fraction of sp³-hybridized carbons (Fsp3) is 0.500. The lowest BCUT2D eigenvalue weighted by atomic mass is 10.0. The third-order valence-electron chi connectivity index (χ3n) is 2.49. The molecule has 4 heteroatoms. The fourth-order valence-electron chi connectivity index (χ4n) is 1.63. The summed E-state index contributed by atoms with van der Waals surface area (Å²) in [5.74, 6) is 2.55. The summed E-state index contributed by atoms with van der Waals surface area (Å²) >= 11 is 1.72. The zero-order valence-corrected chi connectivity index (χ0v) is 11.1. The highest BCUT2D eigenvalue weighted by Gasteiger charge is 2.14. The number of nitrogens with two attached hydrogens (primary N) is 1. The minimum atomic E-state index is -0.0283. The number of rotatable bonds is 5. The Labute approximate surface area is 101 Å². The van der Waals surface area contributed by atoms with Crippen LogP contribution in [0.1, 0.15) is 17.2 Å². The van der Waals surface area contributed by atoms with Crippen molar-refractivity contribution in [2.45, 2.75) is 13.0 Å². The van der Waals surface area contributed by atoms with Gasteiger partial charge in [-0.1, -0.05) is 0 Å². The molecule has 0 heterocycles. The summed E-state index contributed by atoms with van der Waals surface area (Å²) in [5, 5.41) is 0. The molecule has 0 aliphatic rings. The second-order valence-electron chi connectivity index (χ2n) is 3.63. The minimum Gasteiger partial charge on any atom is -0.496 e. The maximum absolute atomic E-state index is 6.10. The van der Waals surface area contributed by atoms with Crippen molar-refractivity contribution < 1.29 is 9.47 Å². The largest absolute Gasteiger partial charge is 0.496 e. The standard InChI is InChI=1S/C12H19NO2S/c1-8-5-12(15-3)9(6-11(8)14-2)10(13)7-16-4/h5-6,10H,7,13H2,1-4H3. The Hall–Kier alpha value is -0.870. The van der Waals surface area contributed by atoms with Gasteiger partial charge >= 0.3 is 0 Å². The first-order valence-corrected chi connectivity index (χ1v) is 6.50. The van der Waals surface area contributed by atoms with Crippen molar-refractivity contribution in [1.29, 1.82) is 0 Å². The Kier molecular flexibility index (Phi) is 4.96. The van der Waals surface area contributed by atoms with E-state index in [2.05, 4.69) is 0 Å². The zero-order valence-electron chi connectivity index (χ0n) is 10.2. The number of benzene rings is 1. The SMILES string of the molecule is COc1cc(C(N)CSC)c(OC)cc1C. The van der Waals surface area contributed by atoms with Crippen LogP contribution in [0.3, 0.4) is 0 Å². The summed E-state index contributed by atoms with van der Waals surface area (Å²) in [4.78, 5) is 0. The average Bonchev–Trinajstić information content (AvgIpc) is 2.28. The highest BCUT2D eigenvalue weighted by atomic mass is 32.2. The van der Waals surface area contributed by atoms with Crippen molar-refractivity contribution >= 4 is 11.8 Å². The lowest BCUT2D eigenvalue weighted by Gasteiger charge is -2.17. The van der Waals surface area contributed by atoms with Gasteiger partial charge in [-0.05, 0) is 30.9 Å². The summed E-state index contributed by atoms with van der Waals surface area (Å²) in [6.45, 7) is 1.99. The second kappa shape index (κ2) is 6.01. The van der Waals surface area contributed by atoms with Gasteiger partial charge in [-0.3, -0.25) is 0 Å². The van der Waals surface area contributed by atoms with Gasteiger partial charge in [0, 0.05) is 17.4 Å². The van der Waals surface area contributed by atoms with E-state index >= 15 is 0 Å². The van der Waals surface area contributed by atoms with Crippen molar-refractivity contribution in [3.8, 4) is 11.5 Å². The molecule has 0 aliphatic carbocycles. The third-order valence-corrected chi connectivity index (χ3v) is 3.19. The van der Waals surface area contributed by atoms with Crippen LogP contribution in [-0.2, 0) is 0 Å². The van der Waals surface area contributed by atoms with E-state index in [9.17, 15) is 0 Å². The smallest absolute Gasteiger partial charge is 0.124 e. The molecule has 0 amide bonds. The van der Waals surface area contributed by atoms with Gasteiger partial charge in [-0.25, -0.2) is 0 Å². The van der Waals surface area contributed by atoms with Crippen molar-refractivity contribution in [2.24, 2.45) is 5.73 Å². The van der Waals surface area contributed by atoms with Crippen LogP contribution in [0.4, 0.5) is 0 Å². The lowest BCUT2D eigenvalue weighted by molar-refractivity contribution is 0.394. The second-order valence-corrected chi connectivity index (χ2v) is 4.54. The third kappa shape index (κ3) is 2.83. The van der Waals surface area contributed by atoms with E-state index in [1.165, 1.54) is 0 Å². The van der Waals surface area contributed by atoms with Gasteiger partial charge in [0.15, 0.2) is 0 Å². The molecule has 0 aromatic heterocycles. The monoisotopic (exact) mass is 241 g/mol. The summed E-state index contributed by atoms with van der Waals surface area (Å²) in [7, 11) is 3.33. The molecule has 16 heavy (non-hydrogen) atoms. The van der Waals surface area contributed by atoms with Crippen molar-refractivity contribution in [2.75, 3.05) is 26.2 Å². The minimum absolute atomic E-state index is 0.0283. The molecule has 0 saturated heterocycles. The van der Waals surface area contributed by atoms with Crippen molar-refractivity contribution in [3.05, 3.63) is 23.3 Å². The van der Waals surface area contributed by atoms with Gasteiger partial charge in [-0.15, -0.1) is 0 Å². The molecule has 1 atom stereocenters. The molecule has 2 N–H and O–H groups in total. The molecule has 90 valence electrons. The van der Waals surface area contributed by atoms with Gasteiger partial charge in [0.25, 0.3) is 0 Å². The molecule has 3 nitrogen and oxygen atoms in total. The molecular weight excluding hydrogens is 222 g/mol. The summed E-state index contributed by atoms with van der Waals surface area (Å²) in [5.41, 5.74) is 8.15.